The molecule has 0 spiro atoms. The van der Waals surface area contributed by atoms with Crippen molar-refractivity contribution in [2.24, 2.45) is 23.2 Å². The van der Waals surface area contributed by atoms with Gasteiger partial charge < -0.3 is 15.3 Å². The van der Waals surface area contributed by atoms with Crippen LogP contribution in [0.25, 0.3) is 0 Å². The van der Waals surface area contributed by atoms with E-state index in [0.717, 1.165) is 37.0 Å². The van der Waals surface area contributed by atoms with Gasteiger partial charge in [-0.1, -0.05) is 0 Å². The second-order valence-corrected chi connectivity index (χ2v) is 9.21. The zero-order valence-electron chi connectivity index (χ0n) is 15.0. The lowest BCUT2D eigenvalue weighted by atomic mass is 9.49. The molecule has 1 aliphatic heterocycles. The summed E-state index contributed by atoms with van der Waals surface area (Å²) < 4.78 is 14.1. The van der Waals surface area contributed by atoms with Crippen molar-refractivity contribution in [2.75, 3.05) is 19.6 Å². The van der Waals surface area contributed by atoms with Gasteiger partial charge in [0.05, 0.1) is 13.1 Å². The highest BCUT2D eigenvalue weighted by Gasteiger charge is 2.51. The van der Waals surface area contributed by atoms with E-state index in [2.05, 4.69) is 5.32 Å². The summed E-state index contributed by atoms with van der Waals surface area (Å²) in [7, 11) is 0. The van der Waals surface area contributed by atoms with E-state index < -0.39 is 24.1 Å². The summed E-state index contributed by atoms with van der Waals surface area (Å²) in [5.74, 6) is 0.268. The molecule has 26 heavy (non-hydrogen) atoms. The lowest BCUT2D eigenvalue weighted by Crippen LogP contribution is -2.48. The predicted octanol–water partition coefficient (Wildman–Crippen LogP) is 1.73. The lowest BCUT2D eigenvalue weighted by molar-refractivity contribution is -0.150. The second-order valence-electron chi connectivity index (χ2n) is 9.21. The Hall–Kier alpha value is -1.66. The van der Waals surface area contributed by atoms with Crippen molar-refractivity contribution >= 4 is 17.8 Å². The summed E-state index contributed by atoms with van der Waals surface area (Å²) in [6, 6.07) is 0. The molecule has 0 radical (unpaired) electrons. The lowest BCUT2D eigenvalue weighted by Gasteiger charge is -2.56. The number of halogens is 1. The number of nitrogens with one attached hydrogen (secondary N) is 1. The fourth-order valence-corrected chi connectivity index (χ4v) is 6.36. The van der Waals surface area contributed by atoms with Crippen LogP contribution in [0.1, 0.15) is 51.4 Å². The van der Waals surface area contributed by atoms with Gasteiger partial charge in [-0.2, -0.15) is 0 Å². The van der Waals surface area contributed by atoms with Crippen LogP contribution in [0.15, 0.2) is 0 Å². The van der Waals surface area contributed by atoms with Crippen molar-refractivity contribution in [1.29, 1.82) is 0 Å². The zero-order chi connectivity index (χ0) is 18.5. The first-order chi connectivity index (χ1) is 12.3. The number of carbonyl (C=O) groups is 3. The maximum atomic E-state index is 14.1. The Morgan fingerprint density at radius 1 is 1.08 bits per heavy atom. The van der Waals surface area contributed by atoms with Crippen LogP contribution in [-0.2, 0) is 14.4 Å². The summed E-state index contributed by atoms with van der Waals surface area (Å²) in [5, 5.41) is 11.6. The van der Waals surface area contributed by atoms with Gasteiger partial charge in [0.1, 0.15) is 0 Å². The van der Waals surface area contributed by atoms with Crippen LogP contribution in [0, 0.1) is 23.2 Å². The Kier molecular flexibility index (Phi) is 4.23. The molecule has 1 atom stereocenters. The van der Waals surface area contributed by atoms with Crippen LogP contribution in [0.4, 0.5) is 4.39 Å². The second kappa shape index (κ2) is 6.20. The van der Waals surface area contributed by atoms with E-state index in [1.165, 1.54) is 24.2 Å². The normalized spacial score (nSPS) is 40.7. The average Bonchev–Trinajstić information content (AvgIpc) is 2.95. The highest BCUT2D eigenvalue weighted by Crippen LogP contribution is 2.61. The number of rotatable bonds is 5. The van der Waals surface area contributed by atoms with Gasteiger partial charge in [0.2, 0.25) is 17.5 Å². The molecule has 144 valence electrons. The average molecular weight is 366 g/mol. The smallest absolute Gasteiger partial charge is 0.343 e. The molecule has 5 rings (SSSR count). The minimum Gasteiger partial charge on any atom is -0.479 e. The van der Waals surface area contributed by atoms with Crippen LogP contribution in [0.3, 0.4) is 0 Å². The summed E-state index contributed by atoms with van der Waals surface area (Å²) in [6.07, 6.45) is 7.65. The molecule has 4 saturated carbocycles. The van der Waals surface area contributed by atoms with Crippen molar-refractivity contribution in [3.8, 4) is 0 Å². The quantitative estimate of drug-likeness (QED) is 0.776. The third-order valence-corrected chi connectivity index (χ3v) is 7.09. The number of aliphatic carboxylic acids is 1. The summed E-state index contributed by atoms with van der Waals surface area (Å²) in [5.41, 5.74) is -2.24. The van der Waals surface area contributed by atoms with E-state index in [1.54, 1.807) is 0 Å². The Morgan fingerprint density at radius 2 is 1.65 bits per heavy atom. The molecule has 5 fully saturated rings. The van der Waals surface area contributed by atoms with Gasteiger partial charge in [0.15, 0.2) is 0 Å². The fraction of sp³-hybridized carbons (Fsp3) is 0.842. The van der Waals surface area contributed by atoms with Crippen LogP contribution >= 0.6 is 0 Å². The van der Waals surface area contributed by atoms with Crippen molar-refractivity contribution in [1.82, 2.24) is 10.2 Å². The van der Waals surface area contributed by atoms with Crippen molar-refractivity contribution in [3.05, 3.63) is 0 Å². The number of carboxylic acid groups (broad SMARTS) is 1. The number of alkyl halides is 1. The van der Waals surface area contributed by atoms with Crippen molar-refractivity contribution in [3.63, 3.8) is 0 Å². The Morgan fingerprint density at radius 3 is 2.15 bits per heavy atom. The molecule has 7 heteroatoms. The number of carboxylic acids is 1. The van der Waals surface area contributed by atoms with E-state index in [1.807, 2.05) is 0 Å². The SMILES string of the molecule is O=C(CC12CC3CC(CC(C3)C1)C2)NCC(=O)N1CCC(F)(C(=O)O)C1. The van der Waals surface area contributed by atoms with Crippen LogP contribution in [0.2, 0.25) is 0 Å². The van der Waals surface area contributed by atoms with Crippen LogP contribution in [0.5, 0.6) is 0 Å². The van der Waals surface area contributed by atoms with Crippen molar-refractivity contribution < 1.29 is 23.9 Å². The topological polar surface area (TPSA) is 86.7 Å². The number of likely N-dealkylation sites (tertiary alicyclic amines) is 1. The largest absolute Gasteiger partial charge is 0.479 e. The predicted molar refractivity (Wildman–Crippen MR) is 90.9 cm³/mol. The maximum absolute atomic E-state index is 14.1. The third-order valence-electron chi connectivity index (χ3n) is 7.09. The summed E-state index contributed by atoms with van der Waals surface area (Å²) in [4.78, 5) is 36.7. The standard InChI is InChI=1S/C19H27FN2O4/c20-19(17(25)26)1-2-22(11-19)16(24)10-21-15(23)9-18-6-12-3-13(7-18)5-14(4-12)8-18/h12-14H,1-11H2,(H,21,23)(H,25,26). The summed E-state index contributed by atoms with van der Waals surface area (Å²) in [6.45, 7) is -0.542. The molecule has 1 unspecified atom stereocenters. The molecule has 1 heterocycles. The van der Waals surface area contributed by atoms with Gasteiger partial charge in [-0.3, -0.25) is 9.59 Å². The molecule has 4 bridgehead atoms. The monoisotopic (exact) mass is 366 g/mol. The number of carbonyl (C=O) groups excluding carboxylic acids is 2. The molecule has 5 aliphatic rings. The molecule has 2 amide bonds. The molecule has 0 aromatic rings. The number of hydrogen-bond donors (Lipinski definition) is 2. The molecular weight excluding hydrogens is 339 g/mol. The van der Waals surface area contributed by atoms with Gasteiger partial charge in [-0.15, -0.1) is 0 Å². The fourth-order valence-electron chi connectivity index (χ4n) is 6.36. The number of hydrogen-bond acceptors (Lipinski definition) is 3. The van der Waals surface area contributed by atoms with Gasteiger partial charge in [0.25, 0.3) is 0 Å². The first kappa shape index (κ1) is 17.7. The summed E-state index contributed by atoms with van der Waals surface area (Å²) >= 11 is 0. The first-order valence-corrected chi connectivity index (χ1v) is 9.74. The first-order valence-electron chi connectivity index (χ1n) is 9.74. The minimum absolute atomic E-state index is 0.0759. The highest BCUT2D eigenvalue weighted by atomic mass is 19.1. The number of nitrogens with zero attached hydrogens (tertiary/aromatic N) is 1. The van der Waals surface area contributed by atoms with Crippen LogP contribution in [-0.4, -0.2) is 53.1 Å². The van der Waals surface area contributed by atoms with Crippen molar-refractivity contribution in [2.45, 2.75) is 57.0 Å². The molecule has 6 nitrogen and oxygen atoms in total. The molecular formula is C19H27FN2O4. The Labute approximate surface area is 152 Å². The van der Waals surface area contributed by atoms with E-state index in [9.17, 15) is 18.8 Å². The van der Waals surface area contributed by atoms with E-state index in [0.29, 0.717) is 6.42 Å². The van der Waals surface area contributed by atoms with Gasteiger partial charge in [-0.25, -0.2) is 9.18 Å². The van der Waals surface area contributed by atoms with E-state index in [4.69, 9.17) is 5.11 Å². The number of amides is 2. The molecule has 4 aliphatic carbocycles. The maximum Gasteiger partial charge on any atom is 0.343 e. The van der Waals surface area contributed by atoms with Gasteiger partial charge in [0, 0.05) is 19.4 Å². The van der Waals surface area contributed by atoms with E-state index in [-0.39, 0.29) is 30.8 Å². The van der Waals surface area contributed by atoms with E-state index >= 15 is 0 Å². The molecule has 1 saturated heterocycles. The van der Waals surface area contributed by atoms with Gasteiger partial charge >= 0.3 is 5.97 Å². The van der Waals surface area contributed by atoms with Crippen LogP contribution < -0.4 is 5.32 Å². The Balaban J connectivity index is 1.27. The zero-order valence-corrected chi connectivity index (χ0v) is 15.0. The highest BCUT2D eigenvalue weighted by molar-refractivity contribution is 5.86. The molecule has 0 aromatic carbocycles. The Bertz CT molecular complexity index is 602. The third kappa shape index (κ3) is 3.21. The van der Waals surface area contributed by atoms with Gasteiger partial charge in [-0.05, 0) is 61.7 Å². The molecule has 2 N–H and O–H groups in total. The molecule has 0 aromatic heterocycles. The minimum atomic E-state index is -2.36.